The highest BCUT2D eigenvalue weighted by atomic mass is 32.2. The summed E-state index contributed by atoms with van der Waals surface area (Å²) in [5.41, 5.74) is 9.35. The molecule has 2 amide bonds. The number of ether oxygens (including phenoxy) is 1. The van der Waals surface area contributed by atoms with Gasteiger partial charge >= 0.3 is 23.5 Å². The van der Waals surface area contributed by atoms with Gasteiger partial charge in [-0.15, -0.1) is 0 Å². The molecule has 1 aliphatic heterocycles. The Morgan fingerprint density at radius 2 is 1.75 bits per heavy atom. The Hall–Kier alpha value is -2.90. The number of phosphoric ester groups is 3. The topological polar surface area (TPSA) is 390 Å². The highest BCUT2D eigenvalue weighted by molar-refractivity contribution is 8.14. The van der Waals surface area contributed by atoms with Crippen molar-refractivity contribution < 1.29 is 80.5 Å². The predicted octanol–water partition coefficient (Wildman–Crippen LogP) is -1.86. The summed E-state index contributed by atoms with van der Waals surface area (Å²) >= 11 is 0.854. The molecule has 0 aliphatic carbocycles. The zero-order valence-corrected chi connectivity index (χ0v) is 31.4. The molecule has 25 nitrogen and oxygen atoms in total. The monoisotopic (exact) mass is 836 g/mol. The van der Waals surface area contributed by atoms with E-state index in [-0.39, 0.29) is 47.9 Å². The second-order valence-corrected chi connectivity index (χ2v) is 17.0. The lowest BCUT2D eigenvalue weighted by molar-refractivity contribution is -0.137. The minimum atomic E-state index is -5.57. The Bertz CT molecular complexity index is 1810. The summed E-state index contributed by atoms with van der Waals surface area (Å²) in [6.07, 6.45) is -6.99. The lowest BCUT2D eigenvalue weighted by atomic mass is 9.87. The van der Waals surface area contributed by atoms with Crippen molar-refractivity contribution >= 4 is 69.1 Å². The van der Waals surface area contributed by atoms with Crippen molar-refractivity contribution in [3.05, 3.63) is 24.9 Å². The summed E-state index contributed by atoms with van der Waals surface area (Å²) in [5.74, 6) is -1.30. The van der Waals surface area contributed by atoms with Gasteiger partial charge in [-0.25, -0.2) is 28.6 Å². The van der Waals surface area contributed by atoms with Crippen molar-refractivity contribution in [2.24, 2.45) is 11.1 Å². The fraction of sp³-hybridized carbons (Fsp3) is 0.583. The molecule has 7 atom stereocenters. The van der Waals surface area contributed by atoms with E-state index in [9.17, 15) is 57.9 Å². The summed E-state index contributed by atoms with van der Waals surface area (Å²) in [7, 11) is -16.4. The SMILES string of the molecule is C=C(N)C(=O)SCCNC(=O)CCNC(=O)C(O)C(C)(C)COP(=O)(O)OP(=O)(O)OCC1OC(n2cnc3c(N)ncnc32)C(O)C1OP(=O)(O)O. The fourth-order valence-electron chi connectivity index (χ4n) is 4.37. The number of rotatable bonds is 20. The van der Waals surface area contributed by atoms with E-state index >= 15 is 0 Å². The zero-order chi connectivity index (χ0) is 39.9. The van der Waals surface area contributed by atoms with Gasteiger partial charge in [0.1, 0.15) is 36.3 Å². The third-order valence-corrected chi connectivity index (χ3v) is 11.0. The van der Waals surface area contributed by atoms with Gasteiger partial charge in [0, 0.05) is 30.7 Å². The molecule has 298 valence electrons. The number of aliphatic hydroxyl groups is 2. The number of carbonyl (C=O) groups is 3. The van der Waals surface area contributed by atoms with Crippen molar-refractivity contribution in [3.63, 3.8) is 0 Å². The minimum absolute atomic E-state index is 0.0261. The van der Waals surface area contributed by atoms with Gasteiger partial charge in [-0.1, -0.05) is 32.2 Å². The number of aromatic nitrogens is 4. The van der Waals surface area contributed by atoms with Gasteiger partial charge in [-0.05, 0) is 0 Å². The number of fused-ring (bicyclic) bond motifs is 1. The van der Waals surface area contributed by atoms with Crippen molar-refractivity contribution in [1.29, 1.82) is 0 Å². The predicted molar refractivity (Wildman–Crippen MR) is 180 cm³/mol. The molecule has 2 aromatic rings. The summed E-state index contributed by atoms with van der Waals surface area (Å²) in [6.45, 7) is 3.63. The zero-order valence-electron chi connectivity index (χ0n) is 27.9. The first-order valence-corrected chi connectivity index (χ1v) is 20.4. The van der Waals surface area contributed by atoms with Crippen LogP contribution in [0.15, 0.2) is 24.9 Å². The molecule has 0 saturated carbocycles. The molecule has 1 fully saturated rings. The number of phosphoric acid groups is 3. The van der Waals surface area contributed by atoms with Gasteiger partial charge in [0.25, 0.3) is 0 Å². The number of nitrogens with one attached hydrogen (secondary N) is 2. The lowest BCUT2D eigenvalue weighted by Crippen LogP contribution is -2.46. The molecule has 2 aromatic heterocycles. The van der Waals surface area contributed by atoms with E-state index < -0.39 is 89.7 Å². The van der Waals surface area contributed by atoms with Crippen molar-refractivity contribution in [2.45, 2.75) is 50.9 Å². The highest BCUT2D eigenvalue weighted by Gasteiger charge is 2.50. The van der Waals surface area contributed by atoms with Crippen molar-refractivity contribution in [1.82, 2.24) is 30.2 Å². The summed E-state index contributed by atoms with van der Waals surface area (Å²) in [5, 5.41) is 25.7. The molecule has 0 radical (unpaired) electrons. The maximum absolute atomic E-state index is 12.6. The third kappa shape index (κ3) is 13.1. The number of carbonyl (C=O) groups excluding carboxylic acids is 3. The maximum atomic E-state index is 12.6. The molecule has 0 aromatic carbocycles. The molecule has 29 heteroatoms. The van der Waals surface area contributed by atoms with Crippen LogP contribution in [0.25, 0.3) is 11.2 Å². The second-order valence-electron chi connectivity index (χ2n) is 11.7. The van der Waals surface area contributed by atoms with Crippen LogP contribution in [-0.2, 0) is 50.7 Å². The van der Waals surface area contributed by atoms with Crippen LogP contribution in [0.4, 0.5) is 5.82 Å². The summed E-state index contributed by atoms with van der Waals surface area (Å²) < 4.78 is 61.9. The van der Waals surface area contributed by atoms with Crippen LogP contribution in [0, 0.1) is 5.41 Å². The van der Waals surface area contributed by atoms with Gasteiger partial charge in [-0.3, -0.25) is 32.5 Å². The Labute approximate surface area is 304 Å². The number of nitrogen functional groups attached to an aromatic ring is 1. The van der Waals surface area contributed by atoms with E-state index in [2.05, 4.69) is 41.0 Å². The molecule has 3 heterocycles. The number of hydrogen-bond acceptors (Lipinski definition) is 19. The summed E-state index contributed by atoms with van der Waals surface area (Å²) in [6, 6.07) is 0. The van der Waals surface area contributed by atoms with Crippen LogP contribution in [-0.4, -0.2) is 123 Å². The average molecular weight is 837 g/mol. The van der Waals surface area contributed by atoms with Gasteiger partial charge in [0.15, 0.2) is 17.7 Å². The number of nitrogens with two attached hydrogens (primary N) is 2. The molecule has 7 unspecified atom stereocenters. The van der Waals surface area contributed by atoms with Gasteiger partial charge in [0.05, 0.1) is 25.2 Å². The Kier molecular flexibility index (Phi) is 15.2. The van der Waals surface area contributed by atoms with E-state index in [4.69, 9.17) is 25.3 Å². The average Bonchev–Trinajstić information content (AvgIpc) is 3.60. The molecule has 53 heavy (non-hydrogen) atoms. The number of hydrogen-bond donors (Lipinski definition) is 10. The van der Waals surface area contributed by atoms with E-state index in [1.165, 1.54) is 13.8 Å². The van der Waals surface area contributed by atoms with E-state index in [0.29, 0.717) is 0 Å². The van der Waals surface area contributed by atoms with Crippen LogP contribution >= 0.6 is 35.2 Å². The fourth-order valence-corrected chi connectivity index (χ4v) is 7.77. The van der Waals surface area contributed by atoms with E-state index in [1.807, 2.05) is 0 Å². The quantitative estimate of drug-likeness (QED) is 0.0397. The Balaban J connectivity index is 1.53. The summed E-state index contributed by atoms with van der Waals surface area (Å²) in [4.78, 5) is 86.6. The van der Waals surface area contributed by atoms with Crippen LogP contribution < -0.4 is 22.1 Å². The van der Waals surface area contributed by atoms with Gasteiger partial charge < -0.3 is 56.6 Å². The van der Waals surface area contributed by atoms with Crippen molar-refractivity contribution in [3.8, 4) is 0 Å². The number of imidazole rings is 1. The molecule has 0 bridgehead atoms. The second kappa shape index (κ2) is 18.2. The lowest BCUT2D eigenvalue weighted by Gasteiger charge is -2.30. The number of amides is 2. The van der Waals surface area contributed by atoms with Crippen LogP contribution in [0.1, 0.15) is 26.5 Å². The molecule has 1 aliphatic rings. The van der Waals surface area contributed by atoms with Crippen LogP contribution in [0.3, 0.4) is 0 Å². The first-order chi connectivity index (χ1) is 24.4. The molecule has 1 saturated heterocycles. The normalized spacial score (nSPS) is 22.1. The van der Waals surface area contributed by atoms with Crippen LogP contribution in [0.5, 0.6) is 0 Å². The van der Waals surface area contributed by atoms with Crippen molar-refractivity contribution in [2.75, 3.05) is 37.8 Å². The molecule has 3 rings (SSSR count). The largest absolute Gasteiger partial charge is 0.481 e. The van der Waals surface area contributed by atoms with Gasteiger partial charge in [-0.2, -0.15) is 4.31 Å². The molecular formula is C24H39N8O17P3S. The number of anilines is 1. The number of nitrogens with zero attached hydrogens (tertiary/aromatic N) is 4. The molecule has 12 N–H and O–H groups in total. The Morgan fingerprint density at radius 3 is 2.40 bits per heavy atom. The molecule has 0 spiro atoms. The number of thioether (sulfide) groups is 1. The smallest absolute Gasteiger partial charge is 0.396 e. The molecular weight excluding hydrogens is 797 g/mol. The first-order valence-electron chi connectivity index (χ1n) is 14.9. The number of aliphatic hydroxyl groups excluding tert-OH is 2. The minimum Gasteiger partial charge on any atom is -0.396 e. The van der Waals surface area contributed by atoms with E-state index in [0.717, 1.165) is 29.0 Å². The van der Waals surface area contributed by atoms with Gasteiger partial charge in [0.2, 0.25) is 16.9 Å². The Morgan fingerprint density at radius 1 is 1.09 bits per heavy atom. The third-order valence-electron chi connectivity index (χ3n) is 7.00. The van der Waals surface area contributed by atoms with Crippen LogP contribution in [0.2, 0.25) is 0 Å². The van der Waals surface area contributed by atoms with E-state index in [1.54, 1.807) is 0 Å². The highest BCUT2D eigenvalue weighted by Crippen LogP contribution is 2.61. The standard InChI is InChI=1S/C24H39N8O17P3S/c1-12(25)23(37)53-7-6-27-14(33)4-5-28-21(36)18(35)24(2,3)9-46-52(43,44)49-51(41,42)45-8-13-17(48-50(38,39)40)16(34)22(47-13)32-11-31-15-19(26)29-10-30-20(15)32/h10-11,13,16-18,22,34-35H,1,4-9,25H2,2-3H3,(H,27,33)(H,28,36)(H,41,42)(H,43,44)(H2,26,29,30)(H2,38,39,40). The first kappa shape index (κ1) is 44.5. The maximum Gasteiger partial charge on any atom is 0.481 e.